The van der Waals surface area contributed by atoms with Crippen LogP contribution < -0.4 is 4.90 Å². The Kier molecular flexibility index (Phi) is 3.28. The van der Waals surface area contributed by atoms with E-state index in [1.165, 1.54) is 12.5 Å². The molecule has 0 radical (unpaired) electrons. The maximum absolute atomic E-state index is 13.4. The molecular formula is C18H17FN4S. The molecule has 1 aromatic carbocycles. The van der Waals surface area contributed by atoms with Crippen LogP contribution >= 0.6 is 11.3 Å². The molecule has 2 bridgehead atoms. The fraction of sp³-hybridized carbons (Fsp3) is 0.333. The number of aromatic nitrogens is 2. The highest BCUT2D eigenvalue weighted by molar-refractivity contribution is 7.22. The molecule has 0 spiro atoms. The Hall–Kier alpha value is -2.05. The third-order valence-electron chi connectivity index (χ3n) is 5.03. The number of nitrogens with zero attached hydrogens (tertiary/aromatic N) is 4. The van der Waals surface area contributed by atoms with E-state index in [1.807, 2.05) is 18.3 Å². The summed E-state index contributed by atoms with van der Waals surface area (Å²) in [5.74, 6) is -0.192. The van der Waals surface area contributed by atoms with Crippen molar-refractivity contribution in [3.05, 3.63) is 54.1 Å². The summed E-state index contributed by atoms with van der Waals surface area (Å²) in [5, 5.41) is 1.03. The van der Waals surface area contributed by atoms with Gasteiger partial charge in [0.05, 0.1) is 15.9 Å². The van der Waals surface area contributed by atoms with Crippen LogP contribution in [0.25, 0.3) is 10.2 Å². The Labute approximate surface area is 143 Å². The lowest BCUT2D eigenvalue weighted by molar-refractivity contribution is 0.228. The number of fused-ring (bicyclic) bond motifs is 3. The summed E-state index contributed by atoms with van der Waals surface area (Å²) in [4.78, 5) is 14.1. The lowest BCUT2D eigenvalue weighted by Gasteiger charge is -2.33. The largest absolute Gasteiger partial charge is 0.342 e. The van der Waals surface area contributed by atoms with Crippen LogP contribution in [-0.4, -0.2) is 40.0 Å². The van der Waals surface area contributed by atoms with Gasteiger partial charge in [-0.15, -0.1) is 0 Å². The topological polar surface area (TPSA) is 32.3 Å². The zero-order valence-corrected chi connectivity index (χ0v) is 13.9. The van der Waals surface area contributed by atoms with E-state index in [0.29, 0.717) is 12.1 Å². The van der Waals surface area contributed by atoms with Crippen LogP contribution in [0, 0.1) is 5.82 Å². The van der Waals surface area contributed by atoms with Crippen molar-refractivity contribution in [3.63, 3.8) is 0 Å². The van der Waals surface area contributed by atoms with Gasteiger partial charge in [0.1, 0.15) is 5.82 Å². The molecule has 2 unspecified atom stereocenters. The Morgan fingerprint density at radius 2 is 2.12 bits per heavy atom. The van der Waals surface area contributed by atoms with E-state index >= 15 is 0 Å². The number of piperazine rings is 1. The zero-order chi connectivity index (χ0) is 16.1. The quantitative estimate of drug-likeness (QED) is 0.732. The molecule has 4 nitrogen and oxygen atoms in total. The summed E-state index contributed by atoms with van der Waals surface area (Å²) < 4.78 is 14.3. The van der Waals surface area contributed by atoms with Gasteiger partial charge in [-0.2, -0.15) is 0 Å². The molecule has 4 heterocycles. The molecule has 2 aliphatic rings. The molecule has 2 atom stereocenters. The van der Waals surface area contributed by atoms with Crippen LogP contribution in [-0.2, 0) is 6.54 Å². The summed E-state index contributed by atoms with van der Waals surface area (Å²) in [6.07, 6.45) is 3.04. The summed E-state index contributed by atoms with van der Waals surface area (Å²) in [6, 6.07) is 12.0. The number of pyridine rings is 1. The number of likely N-dealkylation sites (tertiary alicyclic amines) is 1. The SMILES string of the molecule is Fc1ccc2nc(N3CC4CC3CN4Cc3ccccn3)sc2c1. The fourth-order valence-corrected chi connectivity index (χ4v) is 4.96. The van der Waals surface area contributed by atoms with Crippen molar-refractivity contribution in [1.29, 1.82) is 0 Å². The highest BCUT2D eigenvalue weighted by Gasteiger charge is 2.44. The molecule has 2 fully saturated rings. The number of rotatable bonds is 3. The highest BCUT2D eigenvalue weighted by Crippen LogP contribution is 2.38. The van der Waals surface area contributed by atoms with Gasteiger partial charge in [0.2, 0.25) is 0 Å². The predicted molar refractivity (Wildman–Crippen MR) is 93.8 cm³/mol. The average molecular weight is 340 g/mol. The van der Waals surface area contributed by atoms with Crippen molar-refractivity contribution < 1.29 is 4.39 Å². The molecule has 122 valence electrons. The number of halogens is 1. The summed E-state index contributed by atoms with van der Waals surface area (Å²) in [6.45, 7) is 2.96. The van der Waals surface area contributed by atoms with E-state index in [9.17, 15) is 4.39 Å². The standard InChI is InChI=1S/C18H17FN4S/c19-12-4-5-16-17(7-12)24-18(21-16)23-11-14-8-15(23)10-22(14)9-13-3-1-2-6-20-13/h1-7,14-15H,8-11H2. The lowest BCUT2D eigenvalue weighted by atomic mass is 10.2. The van der Waals surface area contributed by atoms with Crippen LogP contribution in [0.3, 0.4) is 0 Å². The third-order valence-corrected chi connectivity index (χ3v) is 6.09. The molecule has 0 amide bonds. The Balaban J connectivity index is 1.34. The van der Waals surface area contributed by atoms with Crippen molar-refractivity contribution in [3.8, 4) is 0 Å². The van der Waals surface area contributed by atoms with Gasteiger partial charge >= 0.3 is 0 Å². The minimum Gasteiger partial charge on any atom is -0.342 e. The first-order valence-electron chi connectivity index (χ1n) is 8.23. The molecule has 2 saturated heterocycles. The van der Waals surface area contributed by atoms with Gasteiger partial charge in [-0.05, 0) is 36.8 Å². The first kappa shape index (κ1) is 14.3. The van der Waals surface area contributed by atoms with Crippen LogP contribution in [0.4, 0.5) is 9.52 Å². The van der Waals surface area contributed by atoms with Crippen molar-refractivity contribution in [1.82, 2.24) is 14.9 Å². The number of thiazole rings is 1. The first-order chi connectivity index (χ1) is 11.8. The molecule has 6 heteroatoms. The molecule has 5 rings (SSSR count). The van der Waals surface area contributed by atoms with Crippen molar-refractivity contribution in [2.75, 3.05) is 18.0 Å². The van der Waals surface area contributed by atoms with Gasteiger partial charge in [0.15, 0.2) is 5.13 Å². The van der Waals surface area contributed by atoms with Crippen LogP contribution in [0.5, 0.6) is 0 Å². The van der Waals surface area contributed by atoms with Crippen molar-refractivity contribution >= 4 is 26.7 Å². The van der Waals surface area contributed by atoms with Gasteiger partial charge < -0.3 is 4.90 Å². The van der Waals surface area contributed by atoms with Gasteiger partial charge in [-0.1, -0.05) is 17.4 Å². The summed E-state index contributed by atoms with van der Waals surface area (Å²) in [5.41, 5.74) is 2.02. The van der Waals surface area contributed by atoms with E-state index in [2.05, 4.69) is 20.9 Å². The fourth-order valence-electron chi connectivity index (χ4n) is 3.89. The molecule has 24 heavy (non-hydrogen) atoms. The van der Waals surface area contributed by atoms with Crippen molar-refractivity contribution in [2.45, 2.75) is 25.0 Å². The zero-order valence-electron chi connectivity index (χ0n) is 13.1. The third kappa shape index (κ3) is 2.37. The van der Waals surface area contributed by atoms with Gasteiger partial charge in [-0.3, -0.25) is 9.88 Å². The normalized spacial score (nSPS) is 23.5. The van der Waals surface area contributed by atoms with Crippen LogP contribution in [0.2, 0.25) is 0 Å². The van der Waals surface area contributed by atoms with E-state index < -0.39 is 0 Å². The Morgan fingerprint density at radius 3 is 2.92 bits per heavy atom. The second-order valence-corrected chi connectivity index (χ2v) is 7.56. The van der Waals surface area contributed by atoms with Crippen molar-refractivity contribution in [2.24, 2.45) is 0 Å². The van der Waals surface area contributed by atoms with Gasteiger partial charge in [0.25, 0.3) is 0 Å². The monoisotopic (exact) mass is 340 g/mol. The Morgan fingerprint density at radius 1 is 1.17 bits per heavy atom. The first-order valence-corrected chi connectivity index (χ1v) is 9.04. The molecule has 2 aromatic heterocycles. The molecule has 0 aliphatic carbocycles. The lowest BCUT2D eigenvalue weighted by Crippen LogP contribution is -2.46. The molecular weight excluding hydrogens is 323 g/mol. The summed E-state index contributed by atoms with van der Waals surface area (Å²) in [7, 11) is 0. The minimum absolute atomic E-state index is 0.192. The minimum atomic E-state index is -0.192. The number of benzene rings is 1. The molecule has 3 aromatic rings. The van der Waals surface area contributed by atoms with Crippen LogP contribution in [0.1, 0.15) is 12.1 Å². The molecule has 0 N–H and O–H groups in total. The van der Waals surface area contributed by atoms with Crippen LogP contribution in [0.15, 0.2) is 42.6 Å². The maximum atomic E-state index is 13.4. The predicted octanol–water partition coefficient (Wildman–Crippen LogP) is 3.29. The van der Waals surface area contributed by atoms with E-state index in [1.54, 1.807) is 23.5 Å². The average Bonchev–Trinajstić information content (AvgIpc) is 3.28. The van der Waals surface area contributed by atoms with Gasteiger partial charge in [0, 0.05) is 37.9 Å². The number of anilines is 1. The Bertz CT molecular complexity index is 881. The maximum Gasteiger partial charge on any atom is 0.186 e. The molecule has 0 saturated carbocycles. The van der Waals surface area contributed by atoms with E-state index in [-0.39, 0.29) is 5.82 Å². The summed E-state index contributed by atoms with van der Waals surface area (Å²) >= 11 is 1.60. The number of hydrogen-bond donors (Lipinski definition) is 0. The van der Waals surface area contributed by atoms with E-state index in [4.69, 9.17) is 4.98 Å². The molecule has 2 aliphatic heterocycles. The number of hydrogen-bond acceptors (Lipinski definition) is 5. The second-order valence-electron chi connectivity index (χ2n) is 6.55. The van der Waals surface area contributed by atoms with E-state index in [0.717, 1.165) is 40.7 Å². The smallest absolute Gasteiger partial charge is 0.186 e. The van der Waals surface area contributed by atoms with Gasteiger partial charge in [-0.25, -0.2) is 9.37 Å². The second kappa shape index (κ2) is 5.50. The highest BCUT2D eigenvalue weighted by atomic mass is 32.1.